The predicted molar refractivity (Wildman–Crippen MR) is 126 cm³/mol. The average Bonchev–Trinajstić information content (AvgIpc) is 3.01. The van der Waals surface area contributed by atoms with Crippen LogP contribution < -0.4 is 10.2 Å². The number of urea groups is 1. The van der Waals surface area contributed by atoms with Gasteiger partial charge in [0.1, 0.15) is 5.57 Å². The highest BCUT2D eigenvalue weighted by atomic mass is 35.5. The molecule has 1 saturated heterocycles. The number of amides is 4. The minimum Gasteiger partial charge on any atom is -0.316 e. The van der Waals surface area contributed by atoms with Crippen LogP contribution in [-0.2, 0) is 9.59 Å². The van der Waals surface area contributed by atoms with Crippen LogP contribution in [0.15, 0.2) is 54.1 Å². The zero-order valence-corrected chi connectivity index (χ0v) is 19.2. The molecule has 0 spiro atoms. The third-order valence-electron chi connectivity index (χ3n) is 5.11. The van der Waals surface area contributed by atoms with Gasteiger partial charge in [0, 0.05) is 21.4 Å². The summed E-state index contributed by atoms with van der Waals surface area (Å²) in [5, 5.41) is 3.69. The summed E-state index contributed by atoms with van der Waals surface area (Å²) in [6, 6.07) is 12.3. The minimum atomic E-state index is -0.823. The molecule has 0 atom stereocenters. The van der Waals surface area contributed by atoms with E-state index in [0.29, 0.717) is 32.0 Å². The number of imide groups is 2. The van der Waals surface area contributed by atoms with E-state index < -0.39 is 17.8 Å². The Bertz CT molecular complexity index is 1310. The Kier molecular flexibility index (Phi) is 5.86. The van der Waals surface area contributed by atoms with E-state index in [1.807, 2.05) is 24.5 Å². The first kappa shape index (κ1) is 22.1. The Morgan fingerprint density at radius 3 is 2.22 bits per heavy atom. The predicted octanol–water partition coefficient (Wildman–Crippen LogP) is 5.72. The second kappa shape index (κ2) is 8.47. The number of carbonyl (C=O) groups excluding carboxylic acids is 3. The van der Waals surface area contributed by atoms with Gasteiger partial charge < -0.3 is 4.57 Å². The lowest BCUT2D eigenvalue weighted by Crippen LogP contribution is -2.54. The van der Waals surface area contributed by atoms with Gasteiger partial charge >= 0.3 is 6.03 Å². The summed E-state index contributed by atoms with van der Waals surface area (Å²) >= 11 is 18.4. The number of hydrogen-bond acceptors (Lipinski definition) is 3. The smallest absolute Gasteiger partial charge is 0.316 e. The molecule has 0 radical (unpaired) electrons. The van der Waals surface area contributed by atoms with Crippen LogP contribution in [0.25, 0.3) is 11.8 Å². The van der Waals surface area contributed by atoms with E-state index >= 15 is 0 Å². The highest BCUT2D eigenvalue weighted by Gasteiger charge is 2.37. The second-order valence-electron chi connectivity index (χ2n) is 7.19. The second-order valence-corrected chi connectivity index (χ2v) is 8.47. The van der Waals surface area contributed by atoms with Crippen LogP contribution in [0.1, 0.15) is 17.0 Å². The van der Waals surface area contributed by atoms with Gasteiger partial charge in [-0.1, -0.05) is 34.8 Å². The molecule has 1 fully saturated rings. The molecule has 4 rings (SSSR count). The van der Waals surface area contributed by atoms with Gasteiger partial charge in [0.2, 0.25) is 0 Å². The van der Waals surface area contributed by atoms with Gasteiger partial charge in [-0.15, -0.1) is 0 Å². The average molecular weight is 489 g/mol. The normalized spacial score (nSPS) is 15.5. The van der Waals surface area contributed by atoms with Crippen molar-refractivity contribution in [2.24, 2.45) is 0 Å². The monoisotopic (exact) mass is 487 g/mol. The molecule has 0 saturated carbocycles. The van der Waals surface area contributed by atoms with E-state index in [9.17, 15) is 14.4 Å². The van der Waals surface area contributed by atoms with Crippen LogP contribution in [-0.4, -0.2) is 22.4 Å². The number of nitrogens with zero attached hydrogens (tertiary/aromatic N) is 2. The summed E-state index contributed by atoms with van der Waals surface area (Å²) in [6.45, 7) is 3.71. The van der Waals surface area contributed by atoms with Gasteiger partial charge in [0.15, 0.2) is 0 Å². The van der Waals surface area contributed by atoms with Crippen molar-refractivity contribution >= 4 is 64.4 Å². The van der Waals surface area contributed by atoms with E-state index in [1.54, 1.807) is 30.3 Å². The van der Waals surface area contributed by atoms with E-state index in [1.165, 1.54) is 18.2 Å². The first-order valence-corrected chi connectivity index (χ1v) is 10.6. The molecule has 2 heterocycles. The number of aromatic nitrogens is 1. The maximum Gasteiger partial charge on any atom is 0.335 e. The summed E-state index contributed by atoms with van der Waals surface area (Å²) < 4.78 is 1.88. The van der Waals surface area contributed by atoms with Crippen molar-refractivity contribution in [1.29, 1.82) is 0 Å². The zero-order valence-electron chi connectivity index (χ0n) is 16.9. The molecular weight excluding hydrogens is 473 g/mol. The van der Waals surface area contributed by atoms with Gasteiger partial charge in [-0.3, -0.25) is 14.9 Å². The van der Waals surface area contributed by atoms with E-state index in [-0.39, 0.29) is 5.57 Å². The maximum absolute atomic E-state index is 13.1. The van der Waals surface area contributed by atoms with Crippen LogP contribution in [0, 0.1) is 13.8 Å². The van der Waals surface area contributed by atoms with Crippen molar-refractivity contribution in [3.05, 3.63) is 86.1 Å². The summed E-state index contributed by atoms with van der Waals surface area (Å²) in [4.78, 5) is 38.9. The lowest BCUT2D eigenvalue weighted by Gasteiger charge is -2.26. The molecule has 32 heavy (non-hydrogen) atoms. The molecule has 1 aromatic heterocycles. The van der Waals surface area contributed by atoms with Crippen LogP contribution in [0.2, 0.25) is 15.1 Å². The highest BCUT2D eigenvalue weighted by Crippen LogP contribution is 2.30. The quantitative estimate of drug-likeness (QED) is 0.378. The number of aryl methyl sites for hydroxylation is 1. The molecule has 1 N–H and O–H groups in total. The number of rotatable bonds is 3. The van der Waals surface area contributed by atoms with Crippen LogP contribution in [0.4, 0.5) is 10.5 Å². The summed E-state index contributed by atoms with van der Waals surface area (Å²) in [7, 11) is 0. The Morgan fingerprint density at radius 1 is 0.875 bits per heavy atom. The molecule has 2 aromatic carbocycles. The maximum atomic E-state index is 13.1. The molecule has 1 aliphatic rings. The van der Waals surface area contributed by atoms with Crippen LogP contribution in [0.3, 0.4) is 0 Å². The third kappa shape index (κ3) is 3.93. The summed E-state index contributed by atoms with van der Waals surface area (Å²) in [5.41, 5.74) is 3.00. The number of carbonyl (C=O) groups is 3. The van der Waals surface area contributed by atoms with E-state index in [0.717, 1.165) is 16.3 Å². The molecule has 4 amide bonds. The lowest BCUT2D eigenvalue weighted by molar-refractivity contribution is -0.122. The zero-order chi connectivity index (χ0) is 23.2. The fourth-order valence-electron chi connectivity index (χ4n) is 3.60. The van der Waals surface area contributed by atoms with Crippen molar-refractivity contribution in [1.82, 2.24) is 9.88 Å². The van der Waals surface area contributed by atoms with E-state index in [2.05, 4.69) is 5.32 Å². The molecule has 1 aliphatic heterocycles. The van der Waals surface area contributed by atoms with Crippen molar-refractivity contribution in [3.8, 4) is 5.69 Å². The number of anilines is 1. The van der Waals surface area contributed by atoms with Crippen molar-refractivity contribution < 1.29 is 14.4 Å². The van der Waals surface area contributed by atoms with Gasteiger partial charge in [0.05, 0.1) is 16.4 Å². The minimum absolute atomic E-state index is 0.169. The number of barbiturate groups is 1. The molecular formula is C23H16Cl3N3O3. The molecule has 9 heteroatoms. The van der Waals surface area contributed by atoms with E-state index in [4.69, 9.17) is 34.8 Å². The molecule has 162 valence electrons. The third-order valence-corrected chi connectivity index (χ3v) is 5.91. The highest BCUT2D eigenvalue weighted by molar-refractivity contribution is 6.39. The number of nitrogens with one attached hydrogen (secondary N) is 1. The Balaban J connectivity index is 1.78. The van der Waals surface area contributed by atoms with Gasteiger partial charge in [0.25, 0.3) is 11.8 Å². The van der Waals surface area contributed by atoms with Crippen molar-refractivity contribution in [2.75, 3.05) is 4.90 Å². The lowest BCUT2D eigenvalue weighted by atomic mass is 10.1. The van der Waals surface area contributed by atoms with Crippen molar-refractivity contribution in [3.63, 3.8) is 0 Å². The largest absolute Gasteiger partial charge is 0.335 e. The standard InChI is InChI=1S/C23H16Cl3N3O3/c1-12-9-14(13(2)28(12)20-11-16(25)5-8-19(20)26)10-18-21(30)27-23(32)29(22(18)31)17-6-3-15(24)4-7-17/h3-11H,1-2H3,(H,27,30,32)/b18-10+. The summed E-state index contributed by atoms with van der Waals surface area (Å²) in [5.74, 6) is -1.50. The fraction of sp³-hybridized carbons (Fsp3) is 0.0870. The number of benzene rings is 2. The van der Waals surface area contributed by atoms with Gasteiger partial charge in [-0.2, -0.15) is 0 Å². The molecule has 6 nitrogen and oxygen atoms in total. The topological polar surface area (TPSA) is 71.4 Å². The summed E-state index contributed by atoms with van der Waals surface area (Å²) in [6.07, 6.45) is 1.46. The molecule has 0 bridgehead atoms. The Labute approximate surface area is 199 Å². The Hall–Kier alpha value is -3.06. The molecule has 3 aromatic rings. The van der Waals surface area contributed by atoms with Gasteiger partial charge in [-0.25, -0.2) is 9.69 Å². The molecule has 0 unspecified atom stereocenters. The number of halogens is 3. The first-order valence-electron chi connectivity index (χ1n) is 9.49. The van der Waals surface area contributed by atoms with Crippen LogP contribution in [0.5, 0.6) is 0 Å². The molecule has 0 aliphatic carbocycles. The first-order chi connectivity index (χ1) is 15.2. The van der Waals surface area contributed by atoms with Gasteiger partial charge in [-0.05, 0) is 74.0 Å². The van der Waals surface area contributed by atoms with Crippen LogP contribution >= 0.6 is 34.8 Å². The SMILES string of the molecule is Cc1cc(/C=C2\C(=O)NC(=O)N(c3ccc(Cl)cc3)C2=O)c(C)n1-c1cc(Cl)ccc1Cl. The van der Waals surface area contributed by atoms with Crippen molar-refractivity contribution in [2.45, 2.75) is 13.8 Å². The number of hydrogen-bond donors (Lipinski definition) is 1. The Morgan fingerprint density at radius 2 is 1.53 bits per heavy atom. The fourth-order valence-corrected chi connectivity index (χ4v) is 4.09.